The maximum Gasteiger partial charge on any atom is 0.228 e. The fourth-order valence-corrected chi connectivity index (χ4v) is 2.53. The van der Waals surface area contributed by atoms with Crippen molar-refractivity contribution in [3.05, 3.63) is 11.8 Å². The minimum Gasteiger partial charge on any atom is -0.551 e. The third-order valence-corrected chi connectivity index (χ3v) is 3.95. The molecule has 0 fully saturated rings. The predicted octanol–water partition coefficient (Wildman–Crippen LogP) is 5.14. The van der Waals surface area contributed by atoms with Crippen molar-refractivity contribution >= 4 is 9.04 Å². The van der Waals surface area contributed by atoms with Crippen LogP contribution in [0.4, 0.5) is 0 Å². The van der Waals surface area contributed by atoms with Gasteiger partial charge in [0.25, 0.3) is 0 Å². The maximum absolute atomic E-state index is 5.60. The number of unbranched alkanes of at least 4 members (excludes halogenated alkanes) is 1. The molecule has 0 aliphatic rings. The maximum atomic E-state index is 5.60. The zero-order chi connectivity index (χ0) is 14.7. The SMILES string of the molecule is CCCCC(C#CC(C)=CO[SiH](C)C)C(C)CCC. The second-order valence-electron chi connectivity index (χ2n) is 5.77. The summed E-state index contributed by atoms with van der Waals surface area (Å²) < 4.78 is 5.60. The van der Waals surface area contributed by atoms with Crippen LogP contribution in [0.15, 0.2) is 11.8 Å². The van der Waals surface area contributed by atoms with Crippen molar-refractivity contribution in [2.45, 2.75) is 72.9 Å². The molecule has 0 amide bonds. The van der Waals surface area contributed by atoms with Crippen molar-refractivity contribution in [2.75, 3.05) is 0 Å². The van der Waals surface area contributed by atoms with Gasteiger partial charge in [0.05, 0.1) is 6.26 Å². The van der Waals surface area contributed by atoms with Gasteiger partial charge in [0.1, 0.15) is 0 Å². The highest BCUT2D eigenvalue weighted by Crippen LogP contribution is 2.22. The highest BCUT2D eigenvalue weighted by molar-refractivity contribution is 6.48. The molecule has 0 aromatic carbocycles. The average molecular weight is 281 g/mol. The Bertz CT molecular complexity index is 309. The molecule has 2 atom stereocenters. The fourth-order valence-electron chi connectivity index (χ4n) is 2.05. The van der Waals surface area contributed by atoms with Gasteiger partial charge in [0.15, 0.2) is 0 Å². The van der Waals surface area contributed by atoms with Crippen molar-refractivity contribution < 1.29 is 4.43 Å². The van der Waals surface area contributed by atoms with E-state index in [-0.39, 0.29) is 0 Å². The molecule has 0 aromatic heterocycles. The zero-order valence-electron chi connectivity index (χ0n) is 13.8. The van der Waals surface area contributed by atoms with E-state index >= 15 is 0 Å². The summed E-state index contributed by atoms with van der Waals surface area (Å²) in [6.45, 7) is 13.2. The van der Waals surface area contributed by atoms with E-state index < -0.39 is 9.04 Å². The highest BCUT2D eigenvalue weighted by Gasteiger charge is 2.13. The highest BCUT2D eigenvalue weighted by atomic mass is 28.3. The number of hydrogen-bond acceptors (Lipinski definition) is 1. The van der Waals surface area contributed by atoms with E-state index in [0.717, 1.165) is 5.57 Å². The first-order valence-electron chi connectivity index (χ1n) is 7.84. The Morgan fingerprint density at radius 3 is 2.42 bits per heavy atom. The lowest BCUT2D eigenvalue weighted by Gasteiger charge is -2.18. The summed E-state index contributed by atoms with van der Waals surface area (Å²) in [6.07, 6.45) is 8.16. The molecule has 0 heterocycles. The van der Waals surface area contributed by atoms with Gasteiger partial charge in [-0.25, -0.2) is 0 Å². The summed E-state index contributed by atoms with van der Waals surface area (Å²) in [5.74, 6) is 8.02. The van der Waals surface area contributed by atoms with Crippen LogP contribution in [0.3, 0.4) is 0 Å². The van der Waals surface area contributed by atoms with Gasteiger partial charge in [0.2, 0.25) is 9.04 Å². The topological polar surface area (TPSA) is 9.23 Å². The lowest BCUT2D eigenvalue weighted by atomic mass is 9.86. The molecule has 2 heteroatoms. The number of allylic oxidation sites excluding steroid dienone is 1. The van der Waals surface area contributed by atoms with Crippen LogP contribution in [-0.4, -0.2) is 9.04 Å². The number of hydrogen-bond donors (Lipinski definition) is 0. The van der Waals surface area contributed by atoms with Crippen LogP contribution in [0.1, 0.15) is 59.8 Å². The van der Waals surface area contributed by atoms with Gasteiger partial charge in [-0.05, 0) is 38.8 Å². The van der Waals surface area contributed by atoms with Crippen LogP contribution in [0.5, 0.6) is 0 Å². The molecule has 0 rings (SSSR count). The van der Waals surface area contributed by atoms with Gasteiger partial charge >= 0.3 is 0 Å². The molecule has 0 aliphatic heterocycles. The second-order valence-corrected chi connectivity index (χ2v) is 8.14. The van der Waals surface area contributed by atoms with Crippen molar-refractivity contribution in [2.24, 2.45) is 11.8 Å². The summed E-state index contributed by atoms with van der Waals surface area (Å²) in [6, 6.07) is 0. The lowest BCUT2D eigenvalue weighted by Crippen LogP contribution is -2.09. The monoisotopic (exact) mass is 280 g/mol. The van der Waals surface area contributed by atoms with Crippen LogP contribution in [-0.2, 0) is 4.43 Å². The van der Waals surface area contributed by atoms with E-state index in [1.165, 1.54) is 32.1 Å². The van der Waals surface area contributed by atoms with E-state index in [4.69, 9.17) is 4.43 Å². The Morgan fingerprint density at radius 2 is 1.89 bits per heavy atom. The third-order valence-electron chi connectivity index (χ3n) is 3.27. The molecule has 0 bridgehead atoms. The summed E-state index contributed by atoms with van der Waals surface area (Å²) in [4.78, 5) is 0. The standard InChI is InChI=1S/C17H32OSi/c1-7-9-11-17(16(4)10-8-2)13-12-15(3)14-18-19(5)6/h14,16-17,19H,7-11H2,1-6H3. The van der Waals surface area contributed by atoms with Crippen LogP contribution in [0.25, 0.3) is 0 Å². The van der Waals surface area contributed by atoms with Gasteiger partial charge < -0.3 is 4.43 Å². The van der Waals surface area contributed by atoms with Gasteiger partial charge in [-0.3, -0.25) is 0 Å². The normalized spacial score (nSPS) is 14.8. The first kappa shape index (κ1) is 18.3. The molecule has 0 spiro atoms. The largest absolute Gasteiger partial charge is 0.551 e. The smallest absolute Gasteiger partial charge is 0.228 e. The van der Waals surface area contributed by atoms with Crippen LogP contribution in [0, 0.1) is 23.7 Å². The van der Waals surface area contributed by atoms with Crippen molar-refractivity contribution in [1.82, 2.24) is 0 Å². The molecule has 0 aliphatic carbocycles. The second kappa shape index (κ2) is 11.2. The molecule has 0 aromatic rings. The zero-order valence-corrected chi connectivity index (χ0v) is 14.9. The van der Waals surface area contributed by atoms with Crippen LogP contribution in [0.2, 0.25) is 13.1 Å². The summed E-state index contributed by atoms with van der Waals surface area (Å²) >= 11 is 0. The molecule has 2 unspecified atom stereocenters. The molecule has 0 radical (unpaired) electrons. The van der Waals surface area contributed by atoms with E-state index in [2.05, 4.69) is 45.7 Å². The Morgan fingerprint density at radius 1 is 1.21 bits per heavy atom. The minimum absolute atomic E-state index is 0.541. The van der Waals surface area contributed by atoms with E-state index in [9.17, 15) is 0 Å². The van der Waals surface area contributed by atoms with Crippen LogP contribution < -0.4 is 0 Å². The van der Waals surface area contributed by atoms with Gasteiger partial charge in [-0.2, -0.15) is 0 Å². The summed E-state index contributed by atoms with van der Waals surface area (Å²) in [5.41, 5.74) is 1.06. The van der Waals surface area contributed by atoms with Crippen LogP contribution >= 0.6 is 0 Å². The van der Waals surface area contributed by atoms with E-state index in [1.54, 1.807) is 0 Å². The molecule has 0 saturated carbocycles. The molecule has 1 nitrogen and oxygen atoms in total. The first-order valence-corrected chi connectivity index (χ1v) is 10.6. The third kappa shape index (κ3) is 9.84. The Labute approximate surface area is 122 Å². The molecule has 0 saturated heterocycles. The molecule has 0 N–H and O–H groups in total. The Balaban J connectivity index is 4.57. The minimum atomic E-state index is -0.970. The van der Waals surface area contributed by atoms with Gasteiger partial charge in [-0.1, -0.05) is 51.9 Å². The van der Waals surface area contributed by atoms with E-state index in [1.807, 2.05) is 13.2 Å². The van der Waals surface area contributed by atoms with Crippen molar-refractivity contribution in [3.63, 3.8) is 0 Å². The average Bonchev–Trinajstić information content (AvgIpc) is 2.36. The molecule has 19 heavy (non-hydrogen) atoms. The lowest BCUT2D eigenvalue weighted by molar-refractivity contribution is 0.379. The van der Waals surface area contributed by atoms with E-state index in [0.29, 0.717) is 11.8 Å². The molecular formula is C17H32OSi. The molecule has 110 valence electrons. The number of rotatable bonds is 8. The fraction of sp³-hybridized carbons (Fsp3) is 0.765. The first-order chi connectivity index (χ1) is 9.01. The summed E-state index contributed by atoms with van der Waals surface area (Å²) in [5, 5.41) is 0. The molecular weight excluding hydrogens is 248 g/mol. The predicted molar refractivity (Wildman–Crippen MR) is 88.6 cm³/mol. The summed E-state index contributed by atoms with van der Waals surface area (Å²) in [7, 11) is -0.970. The Kier molecular flexibility index (Phi) is 10.8. The van der Waals surface area contributed by atoms with Gasteiger partial charge in [0, 0.05) is 11.5 Å². The van der Waals surface area contributed by atoms with Gasteiger partial charge in [-0.15, -0.1) is 0 Å². The Hall–Kier alpha value is -0.683. The quantitative estimate of drug-likeness (QED) is 0.340. The van der Waals surface area contributed by atoms with Crippen molar-refractivity contribution in [3.8, 4) is 11.8 Å². The van der Waals surface area contributed by atoms with Crippen molar-refractivity contribution in [1.29, 1.82) is 0 Å².